The summed E-state index contributed by atoms with van der Waals surface area (Å²) in [5.41, 5.74) is 0.309. The van der Waals surface area contributed by atoms with Crippen LogP contribution in [-0.2, 0) is 9.47 Å². The lowest BCUT2D eigenvalue weighted by atomic mass is 9.95. The van der Waals surface area contributed by atoms with Gasteiger partial charge in [0.25, 0.3) is 0 Å². The molecule has 2 heterocycles. The molecule has 6 heteroatoms. The number of hydrogen-bond acceptors (Lipinski definition) is 6. The van der Waals surface area contributed by atoms with Crippen molar-refractivity contribution in [2.45, 2.75) is 39.2 Å². The van der Waals surface area contributed by atoms with Gasteiger partial charge in [-0.15, -0.1) is 11.3 Å². The van der Waals surface area contributed by atoms with Crippen LogP contribution in [0.1, 0.15) is 42.1 Å². The van der Waals surface area contributed by atoms with E-state index in [4.69, 9.17) is 9.47 Å². The van der Waals surface area contributed by atoms with Crippen molar-refractivity contribution in [3.63, 3.8) is 0 Å². The van der Waals surface area contributed by atoms with Crippen molar-refractivity contribution < 1.29 is 14.3 Å². The molecule has 5 nitrogen and oxygen atoms in total. The van der Waals surface area contributed by atoms with Crippen LogP contribution in [-0.4, -0.2) is 36.3 Å². The van der Waals surface area contributed by atoms with Crippen molar-refractivity contribution in [2.24, 2.45) is 0 Å². The van der Waals surface area contributed by atoms with Crippen LogP contribution in [0, 0.1) is 6.92 Å². The Bertz CT molecular complexity index is 453. The molecule has 1 N–H and O–H groups in total. The van der Waals surface area contributed by atoms with Crippen LogP contribution in [0.5, 0.6) is 0 Å². The molecule has 106 valence electrons. The summed E-state index contributed by atoms with van der Waals surface area (Å²) in [7, 11) is 0. The van der Waals surface area contributed by atoms with Crippen molar-refractivity contribution in [1.29, 1.82) is 0 Å². The normalized spacial score (nSPS) is 23.1. The standard InChI is InChI=1S/C13H20N2O3S/c1-4-18-11(16)10-9(2)19-12(14-10)15-13(3)6-5-7-17-8-13/h4-8H2,1-3H3,(H,14,15). The maximum atomic E-state index is 11.7. The number of nitrogens with one attached hydrogen (secondary N) is 1. The van der Waals surface area contributed by atoms with Gasteiger partial charge in [-0.05, 0) is 33.6 Å². The Labute approximate surface area is 117 Å². The summed E-state index contributed by atoms with van der Waals surface area (Å²) in [5, 5.41) is 4.15. The van der Waals surface area contributed by atoms with E-state index in [1.807, 2.05) is 6.92 Å². The second kappa shape index (κ2) is 5.88. The average molecular weight is 284 g/mol. The third-order valence-corrected chi connectivity index (χ3v) is 4.00. The highest BCUT2D eigenvalue weighted by atomic mass is 32.1. The number of rotatable bonds is 4. The van der Waals surface area contributed by atoms with Gasteiger partial charge in [0.05, 0.1) is 18.8 Å². The minimum absolute atomic E-state index is 0.103. The molecule has 0 bridgehead atoms. The number of nitrogens with zero attached hydrogens (tertiary/aromatic N) is 1. The Morgan fingerprint density at radius 1 is 1.63 bits per heavy atom. The summed E-state index contributed by atoms with van der Waals surface area (Å²) in [6.07, 6.45) is 2.08. The Morgan fingerprint density at radius 2 is 2.42 bits per heavy atom. The highest BCUT2D eigenvalue weighted by Gasteiger charge is 2.29. The number of carbonyl (C=O) groups is 1. The van der Waals surface area contributed by atoms with Gasteiger partial charge in [0.15, 0.2) is 10.8 Å². The lowest BCUT2D eigenvalue weighted by molar-refractivity contribution is 0.0518. The molecule has 1 unspecified atom stereocenters. The van der Waals surface area contributed by atoms with Crippen molar-refractivity contribution in [1.82, 2.24) is 4.98 Å². The largest absolute Gasteiger partial charge is 0.461 e. The highest BCUT2D eigenvalue weighted by molar-refractivity contribution is 7.15. The molecule has 0 aromatic carbocycles. The summed E-state index contributed by atoms with van der Waals surface area (Å²) in [4.78, 5) is 16.9. The molecular weight excluding hydrogens is 264 g/mol. The number of carbonyl (C=O) groups excluding carboxylic acids is 1. The van der Waals surface area contributed by atoms with E-state index in [0.717, 1.165) is 29.5 Å². The maximum Gasteiger partial charge on any atom is 0.358 e. The van der Waals surface area contributed by atoms with E-state index in [-0.39, 0.29) is 11.5 Å². The zero-order valence-electron chi connectivity index (χ0n) is 11.6. The van der Waals surface area contributed by atoms with Crippen molar-refractivity contribution in [3.8, 4) is 0 Å². The van der Waals surface area contributed by atoms with E-state index in [2.05, 4.69) is 17.2 Å². The van der Waals surface area contributed by atoms with Crippen LogP contribution in [0.3, 0.4) is 0 Å². The first-order chi connectivity index (χ1) is 9.04. The van der Waals surface area contributed by atoms with Gasteiger partial charge in [0.2, 0.25) is 0 Å². The molecule has 19 heavy (non-hydrogen) atoms. The highest BCUT2D eigenvalue weighted by Crippen LogP contribution is 2.29. The van der Waals surface area contributed by atoms with Gasteiger partial charge in [0.1, 0.15) is 0 Å². The molecule has 1 aliphatic heterocycles. The zero-order valence-corrected chi connectivity index (χ0v) is 12.4. The predicted octanol–water partition coefficient (Wildman–Crippen LogP) is 2.61. The van der Waals surface area contributed by atoms with Gasteiger partial charge in [0, 0.05) is 11.5 Å². The monoisotopic (exact) mass is 284 g/mol. The minimum atomic E-state index is -0.352. The van der Waals surface area contributed by atoms with Crippen molar-refractivity contribution in [3.05, 3.63) is 10.6 Å². The van der Waals surface area contributed by atoms with Crippen LogP contribution < -0.4 is 5.32 Å². The number of esters is 1. The van der Waals surface area contributed by atoms with Crippen LogP contribution >= 0.6 is 11.3 Å². The number of aryl methyl sites for hydroxylation is 1. The summed E-state index contributed by atoms with van der Waals surface area (Å²) < 4.78 is 10.5. The molecule has 0 aliphatic carbocycles. The second-order valence-corrected chi connectivity index (χ2v) is 6.19. The molecule has 1 aromatic heterocycles. The number of hydrogen-bond donors (Lipinski definition) is 1. The number of ether oxygens (including phenoxy) is 2. The summed E-state index contributed by atoms with van der Waals surface area (Å²) in [6.45, 7) is 7.65. The van der Waals surface area contributed by atoms with Gasteiger partial charge in [-0.3, -0.25) is 0 Å². The molecule has 0 saturated carbocycles. The SMILES string of the molecule is CCOC(=O)c1nc(NC2(C)CCCOC2)sc1C. The number of thiazole rings is 1. The maximum absolute atomic E-state index is 11.7. The molecule has 0 spiro atoms. The van der Waals surface area contributed by atoms with E-state index < -0.39 is 0 Å². The first kappa shape index (κ1) is 14.3. The number of anilines is 1. The summed E-state index contributed by atoms with van der Waals surface area (Å²) in [5.74, 6) is -0.352. The van der Waals surface area contributed by atoms with Crippen LogP contribution in [0.15, 0.2) is 0 Å². The van der Waals surface area contributed by atoms with E-state index in [1.165, 1.54) is 11.3 Å². The third-order valence-electron chi connectivity index (χ3n) is 3.11. The van der Waals surface area contributed by atoms with Crippen molar-refractivity contribution >= 4 is 22.4 Å². The van der Waals surface area contributed by atoms with E-state index in [9.17, 15) is 4.79 Å². The molecule has 1 atom stereocenters. The lowest BCUT2D eigenvalue weighted by Crippen LogP contribution is -2.43. The van der Waals surface area contributed by atoms with Crippen molar-refractivity contribution in [2.75, 3.05) is 25.1 Å². The zero-order chi connectivity index (χ0) is 13.9. The third kappa shape index (κ3) is 3.45. The first-order valence-electron chi connectivity index (χ1n) is 6.54. The summed E-state index contributed by atoms with van der Waals surface area (Å²) in [6, 6.07) is 0. The van der Waals surface area contributed by atoms with Gasteiger partial charge in [-0.1, -0.05) is 0 Å². The molecule has 1 fully saturated rings. The van der Waals surface area contributed by atoms with Gasteiger partial charge >= 0.3 is 5.97 Å². The van der Waals surface area contributed by atoms with E-state index in [0.29, 0.717) is 18.9 Å². The van der Waals surface area contributed by atoms with Crippen LogP contribution in [0.25, 0.3) is 0 Å². The molecule has 1 saturated heterocycles. The van der Waals surface area contributed by atoms with E-state index >= 15 is 0 Å². The van der Waals surface area contributed by atoms with E-state index in [1.54, 1.807) is 6.92 Å². The topological polar surface area (TPSA) is 60.5 Å². The fourth-order valence-corrected chi connectivity index (χ4v) is 3.08. The van der Waals surface area contributed by atoms with Crippen LogP contribution in [0.4, 0.5) is 5.13 Å². The van der Waals surface area contributed by atoms with Gasteiger partial charge < -0.3 is 14.8 Å². The minimum Gasteiger partial charge on any atom is -0.461 e. The summed E-state index contributed by atoms with van der Waals surface area (Å²) >= 11 is 1.48. The molecular formula is C13H20N2O3S. The fourth-order valence-electron chi connectivity index (χ4n) is 2.13. The first-order valence-corrected chi connectivity index (χ1v) is 7.36. The fraction of sp³-hybridized carbons (Fsp3) is 0.692. The quantitative estimate of drug-likeness (QED) is 0.861. The molecule has 2 rings (SSSR count). The number of aromatic nitrogens is 1. The van der Waals surface area contributed by atoms with Crippen LogP contribution in [0.2, 0.25) is 0 Å². The Morgan fingerprint density at radius 3 is 3.05 bits per heavy atom. The smallest absolute Gasteiger partial charge is 0.358 e. The Hall–Kier alpha value is -1.14. The second-order valence-electron chi connectivity index (χ2n) is 4.99. The van der Waals surface area contributed by atoms with Gasteiger partial charge in [-0.25, -0.2) is 9.78 Å². The Balaban J connectivity index is 2.09. The average Bonchev–Trinajstić information content (AvgIpc) is 2.70. The van der Waals surface area contributed by atoms with Gasteiger partial charge in [-0.2, -0.15) is 0 Å². The Kier molecular flexibility index (Phi) is 4.42. The molecule has 0 amide bonds. The molecule has 0 radical (unpaired) electrons. The molecule has 1 aromatic rings. The lowest BCUT2D eigenvalue weighted by Gasteiger charge is -2.34. The molecule has 1 aliphatic rings. The predicted molar refractivity (Wildman–Crippen MR) is 74.9 cm³/mol.